The predicted octanol–water partition coefficient (Wildman–Crippen LogP) is 2.94. The highest BCUT2D eigenvalue weighted by Crippen LogP contribution is 2.27. The van der Waals surface area contributed by atoms with E-state index in [4.69, 9.17) is 4.42 Å². The van der Waals surface area contributed by atoms with Gasteiger partial charge in [0.05, 0.1) is 12.8 Å². The molecule has 0 unspecified atom stereocenters. The van der Waals surface area contributed by atoms with E-state index in [0.29, 0.717) is 35.7 Å². The number of alkyl halides is 3. The topological polar surface area (TPSA) is 76.5 Å². The molecule has 10 heteroatoms. The van der Waals surface area contributed by atoms with Crippen molar-refractivity contribution in [1.82, 2.24) is 24.5 Å². The summed E-state index contributed by atoms with van der Waals surface area (Å²) >= 11 is 0. The molecule has 3 rings (SSSR count). The molecule has 0 saturated heterocycles. The van der Waals surface area contributed by atoms with Crippen molar-refractivity contribution in [3.05, 3.63) is 46.9 Å². The van der Waals surface area contributed by atoms with Crippen molar-refractivity contribution in [3.63, 3.8) is 0 Å². The molecule has 1 amide bonds. The van der Waals surface area contributed by atoms with E-state index in [1.807, 2.05) is 0 Å². The summed E-state index contributed by atoms with van der Waals surface area (Å²) in [6, 6.07) is 3.52. The first-order valence-electron chi connectivity index (χ1n) is 8.23. The number of rotatable bonds is 5. The van der Waals surface area contributed by atoms with Gasteiger partial charge >= 0.3 is 6.18 Å². The Bertz CT molecular complexity index is 963. The average Bonchev–Trinajstić information content (AvgIpc) is 3.23. The van der Waals surface area contributed by atoms with Gasteiger partial charge in [0.25, 0.3) is 11.6 Å². The fourth-order valence-electron chi connectivity index (χ4n) is 2.84. The van der Waals surface area contributed by atoms with Crippen LogP contribution in [-0.4, -0.2) is 37.4 Å². The van der Waals surface area contributed by atoms with Gasteiger partial charge in [0.2, 0.25) is 5.91 Å². The summed E-state index contributed by atoms with van der Waals surface area (Å²) in [6.07, 6.45) is -2.58. The van der Waals surface area contributed by atoms with E-state index >= 15 is 0 Å². The fourth-order valence-corrected chi connectivity index (χ4v) is 2.84. The summed E-state index contributed by atoms with van der Waals surface area (Å²) in [5, 5.41) is 3.51. The molecule has 0 saturated carbocycles. The zero-order chi connectivity index (χ0) is 19.8. The third kappa shape index (κ3) is 3.93. The minimum atomic E-state index is -4.64. The Balaban J connectivity index is 1.77. The van der Waals surface area contributed by atoms with Gasteiger partial charge in [-0.05, 0) is 38.0 Å². The number of nitrogens with zero attached hydrogens (tertiary/aromatic N) is 5. The highest BCUT2D eigenvalue weighted by Gasteiger charge is 2.37. The molecule has 7 nitrogen and oxygen atoms in total. The number of aromatic nitrogens is 4. The second-order valence-electron chi connectivity index (χ2n) is 6.24. The van der Waals surface area contributed by atoms with E-state index in [1.54, 1.807) is 33.0 Å². The molecule has 0 atom stereocenters. The molecular formula is C17H18F3N5O2. The molecule has 3 aromatic rings. The van der Waals surface area contributed by atoms with E-state index < -0.39 is 12.0 Å². The number of amides is 1. The molecule has 0 aromatic carbocycles. The van der Waals surface area contributed by atoms with Gasteiger partial charge in [0, 0.05) is 24.9 Å². The first-order valence-corrected chi connectivity index (χ1v) is 8.23. The first-order chi connectivity index (χ1) is 12.7. The normalized spacial score (nSPS) is 11.9. The van der Waals surface area contributed by atoms with Gasteiger partial charge < -0.3 is 9.32 Å². The molecule has 0 bridgehead atoms. The van der Waals surface area contributed by atoms with Crippen molar-refractivity contribution in [2.45, 2.75) is 39.4 Å². The molecule has 0 spiro atoms. The van der Waals surface area contributed by atoms with Crippen LogP contribution in [0.25, 0.3) is 5.78 Å². The Morgan fingerprint density at radius 2 is 2.04 bits per heavy atom. The summed E-state index contributed by atoms with van der Waals surface area (Å²) in [6.45, 7) is 3.67. The first kappa shape index (κ1) is 18.9. The van der Waals surface area contributed by atoms with E-state index in [2.05, 4.69) is 15.1 Å². The van der Waals surface area contributed by atoms with Crippen LogP contribution in [0.15, 0.2) is 22.8 Å². The average molecular weight is 381 g/mol. The van der Waals surface area contributed by atoms with Crippen molar-refractivity contribution in [1.29, 1.82) is 0 Å². The summed E-state index contributed by atoms with van der Waals surface area (Å²) < 4.78 is 44.8. The molecular weight excluding hydrogens is 363 g/mol. The van der Waals surface area contributed by atoms with Crippen LogP contribution in [0.2, 0.25) is 0 Å². The fraction of sp³-hybridized carbons (Fsp3) is 0.412. The molecule has 3 aromatic heterocycles. The Labute approximate surface area is 152 Å². The lowest BCUT2D eigenvalue weighted by atomic mass is 10.1. The van der Waals surface area contributed by atoms with Gasteiger partial charge in [-0.25, -0.2) is 9.50 Å². The van der Waals surface area contributed by atoms with Crippen LogP contribution >= 0.6 is 0 Å². The van der Waals surface area contributed by atoms with Crippen LogP contribution in [0.1, 0.15) is 35.0 Å². The molecule has 3 heterocycles. The number of carbonyl (C=O) groups is 1. The van der Waals surface area contributed by atoms with E-state index in [9.17, 15) is 18.0 Å². The third-order valence-corrected chi connectivity index (χ3v) is 4.29. The quantitative estimate of drug-likeness (QED) is 0.679. The van der Waals surface area contributed by atoms with Crippen molar-refractivity contribution < 1.29 is 22.4 Å². The number of hydrogen-bond donors (Lipinski definition) is 0. The third-order valence-electron chi connectivity index (χ3n) is 4.29. The van der Waals surface area contributed by atoms with Gasteiger partial charge in [-0.15, -0.1) is 5.10 Å². The van der Waals surface area contributed by atoms with Crippen LogP contribution in [0, 0.1) is 13.8 Å². The Morgan fingerprint density at radius 3 is 2.67 bits per heavy atom. The van der Waals surface area contributed by atoms with E-state index in [1.165, 1.54) is 11.2 Å². The maximum Gasteiger partial charge on any atom is 0.453 e. The predicted molar refractivity (Wildman–Crippen MR) is 88.8 cm³/mol. The molecule has 144 valence electrons. The SMILES string of the molecule is Cc1nc2nc(C(F)(F)F)nn2c(C)c1CCC(=O)N(C)Cc1ccco1. The number of halogens is 3. The molecule has 0 aliphatic heterocycles. The van der Waals surface area contributed by atoms with Crippen LogP contribution in [0.3, 0.4) is 0 Å². The Kier molecular flexibility index (Phi) is 4.90. The Hall–Kier alpha value is -2.91. The molecule has 0 radical (unpaired) electrons. The molecule has 0 aliphatic rings. The van der Waals surface area contributed by atoms with Gasteiger partial charge in [-0.3, -0.25) is 4.79 Å². The zero-order valence-electron chi connectivity index (χ0n) is 15.0. The van der Waals surface area contributed by atoms with E-state index in [0.717, 1.165) is 4.52 Å². The number of fused-ring (bicyclic) bond motifs is 1. The maximum atomic E-state index is 12.8. The van der Waals surface area contributed by atoms with Crippen molar-refractivity contribution in [2.24, 2.45) is 0 Å². The summed E-state index contributed by atoms with van der Waals surface area (Å²) in [5.41, 5.74) is 1.70. The van der Waals surface area contributed by atoms with Crippen molar-refractivity contribution >= 4 is 11.7 Å². The lowest BCUT2D eigenvalue weighted by molar-refractivity contribution is -0.144. The molecule has 0 aliphatic carbocycles. The maximum absolute atomic E-state index is 12.8. The van der Waals surface area contributed by atoms with Gasteiger partial charge in [0.15, 0.2) is 0 Å². The number of aryl methyl sites for hydroxylation is 2. The minimum absolute atomic E-state index is 0.109. The second-order valence-corrected chi connectivity index (χ2v) is 6.24. The molecule has 0 N–H and O–H groups in total. The number of furan rings is 1. The summed E-state index contributed by atoms with van der Waals surface area (Å²) in [4.78, 5) is 21.4. The van der Waals surface area contributed by atoms with Crippen LogP contribution < -0.4 is 0 Å². The largest absolute Gasteiger partial charge is 0.467 e. The van der Waals surface area contributed by atoms with Gasteiger partial charge in [0.1, 0.15) is 5.76 Å². The zero-order valence-corrected chi connectivity index (χ0v) is 15.0. The van der Waals surface area contributed by atoms with Crippen molar-refractivity contribution in [2.75, 3.05) is 7.05 Å². The van der Waals surface area contributed by atoms with Crippen LogP contribution in [-0.2, 0) is 23.9 Å². The standard InChI is InChI=1S/C17H18F3N5O2/c1-10-13(6-7-14(26)24(3)9-12-5-4-8-27-12)11(2)25-16(21-10)22-15(23-25)17(18,19)20/h4-5,8H,6-7,9H2,1-3H3. The van der Waals surface area contributed by atoms with Gasteiger partial charge in [-0.2, -0.15) is 18.2 Å². The van der Waals surface area contributed by atoms with E-state index in [-0.39, 0.29) is 18.1 Å². The highest BCUT2D eigenvalue weighted by atomic mass is 19.4. The van der Waals surface area contributed by atoms with Crippen LogP contribution in [0.4, 0.5) is 13.2 Å². The highest BCUT2D eigenvalue weighted by molar-refractivity contribution is 5.76. The lowest BCUT2D eigenvalue weighted by Gasteiger charge is -2.16. The van der Waals surface area contributed by atoms with Gasteiger partial charge in [-0.1, -0.05) is 0 Å². The minimum Gasteiger partial charge on any atom is -0.467 e. The number of hydrogen-bond acceptors (Lipinski definition) is 5. The van der Waals surface area contributed by atoms with Crippen LogP contribution in [0.5, 0.6) is 0 Å². The lowest BCUT2D eigenvalue weighted by Crippen LogP contribution is -2.26. The molecule has 0 fully saturated rings. The molecule has 27 heavy (non-hydrogen) atoms. The summed E-state index contributed by atoms with van der Waals surface area (Å²) in [7, 11) is 1.67. The smallest absolute Gasteiger partial charge is 0.453 e. The summed E-state index contributed by atoms with van der Waals surface area (Å²) in [5.74, 6) is -0.783. The second kappa shape index (κ2) is 7.01. The Morgan fingerprint density at radius 1 is 1.30 bits per heavy atom. The van der Waals surface area contributed by atoms with Crippen molar-refractivity contribution in [3.8, 4) is 0 Å². The number of carbonyl (C=O) groups excluding carboxylic acids is 1. The monoisotopic (exact) mass is 381 g/mol.